The van der Waals surface area contributed by atoms with E-state index in [1.54, 1.807) is 26.0 Å². The zero-order valence-corrected chi connectivity index (χ0v) is 12.5. The first-order valence-corrected chi connectivity index (χ1v) is 6.33. The molecule has 1 rings (SSSR count). The molecule has 0 fully saturated rings. The summed E-state index contributed by atoms with van der Waals surface area (Å²) >= 11 is 0. The molecule has 1 aromatic carbocycles. The van der Waals surface area contributed by atoms with Crippen LogP contribution in [0, 0.1) is 12.3 Å². The van der Waals surface area contributed by atoms with Crippen molar-refractivity contribution in [2.45, 2.75) is 13.8 Å². The first kappa shape index (κ1) is 19.2. The SMILES string of the molecule is CC(CO)(CO)CO.COc1ccc(C=O)c(C)c1C=O. The van der Waals surface area contributed by atoms with Crippen LogP contribution >= 0.6 is 0 Å². The Morgan fingerprint density at radius 3 is 1.90 bits per heavy atom. The molecule has 0 aliphatic heterocycles. The van der Waals surface area contributed by atoms with E-state index in [2.05, 4.69) is 0 Å². The van der Waals surface area contributed by atoms with Crippen LogP contribution in [-0.2, 0) is 0 Å². The minimum absolute atomic E-state index is 0.181. The molecule has 0 saturated carbocycles. The molecule has 21 heavy (non-hydrogen) atoms. The standard InChI is InChI=1S/C10H10O3.C5H12O3/c1-7-8(5-11)3-4-10(13-2)9(7)6-12;1-5(2-6,3-7)4-8/h3-6H,1-2H3;6-8H,2-4H2,1H3. The first-order valence-electron chi connectivity index (χ1n) is 6.33. The van der Waals surface area contributed by atoms with Crippen molar-refractivity contribution in [3.8, 4) is 5.75 Å². The second-order valence-electron chi connectivity index (χ2n) is 4.92. The predicted molar refractivity (Wildman–Crippen MR) is 77.9 cm³/mol. The maximum atomic E-state index is 10.7. The largest absolute Gasteiger partial charge is 0.496 e. The van der Waals surface area contributed by atoms with Crippen LogP contribution in [-0.4, -0.2) is 54.8 Å². The molecular formula is C15H22O6. The minimum atomic E-state index is -0.708. The topological polar surface area (TPSA) is 104 Å². The molecule has 118 valence electrons. The van der Waals surface area contributed by atoms with E-state index in [-0.39, 0.29) is 19.8 Å². The van der Waals surface area contributed by atoms with Crippen LogP contribution in [0.2, 0.25) is 0 Å². The molecule has 6 heteroatoms. The molecule has 6 nitrogen and oxygen atoms in total. The fourth-order valence-electron chi connectivity index (χ4n) is 1.32. The lowest BCUT2D eigenvalue weighted by atomic mass is 9.95. The second-order valence-corrected chi connectivity index (χ2v) is 4.92. The van der Waals surface area contributed by atoms with Gasteiger partial charge in [-0.05, 0) is 24.6 Å². The molecule has 0 heterocycles. The monoisotopic (exact) mass is 298 g/mol. The van der Waals surface area contributed by atoms with Crippen LogP contribution in [0.15, 0.2) is 12.1 Å². The van der Waals surface area contributed by atoms with E-state index < -0.39 is 5.41 Å². The zero-order chi connectivity index (χ0) is 16.5. The van der Waals surface area contributed by atoms with Crippen molar-refractivity contribution in [1.29, 1.82) is 0 Å². The van der Waals surface area contributed by atoms with Gasteiger partial charge < -0.3 is 20.1 Å². The zero-order valence-electron chi connectivity index (χ0n) is 12.5. The Morgan fingerprint density at radius 1 is 1.10 bits per heavy atom. The molecule has 0 atom stereocenters. The van der Waals surface area contributed by atoms with Crippen LogP contribution in [0.4, 0.5) is 0 Å². The van der Waals surface area contributed by atoms with Gasteiger partial charge in [-0.1, -0.05) is 6.92 Å². The number of methoxy groups -OCH3 is 1. The Hall–Kier alpha value is -1.76. The number of aliphatic hydroxyl groups excluding tert-OH is 3. The number of hydrogen-bond donors (Lipinski definition) is 3. The molecule has 0 saturated heterocycles. The van der Waals surface area contributed by atoms with Crippen molar-refractivity contribution in [1.82, 2.24) is 0 Å². The molecule has 0 amide bonds. The lowest BCUT2D eigenvalue weighted by Crippen LogP contribution is -2.29. The summed E-state index contributed by atoms with van der Waals surface area (Å²) in [6.45, 7) is 2.78. The third-order valence-corrected chi connectivity index (χ3v) is 3.13. The number of hydrogen-bond acceptors (Lipinski definition) is 6. The van der Waals surface area contributed by atoms with Gasteiger partial charge in [0.15, 0.2) is 6.29 Å². The smallest absolute Gasteiger partial charge is 0.154 e. The van der Waals surface area contributed by atoms with Gasteiger partial charge in [-0.2, -0.15) is 0 Å². The lowest BCUT2D eigenvalue weighted by Gasteiger charge is -2.20. The van der Waals surface area contributed by atoms with Crippen molar-refractivity contribution >= 4 is 12.6 Å². The Labute approximate surface area is 124 Å². The van der Waals surface area contributed by atoms with E-state index in [9.17, 15) is 9.59 Å². The number of carbonyl (C=O) groups is 2. The van der Waals surface area contributed by atoms with Gasteiger partial charge in [0.2, 0.25) is 0 Å². The number of aliphatic hydroxyl groups is 3. The molecule has 0 bridgehead atoms. The maximum absolute atomic E-state index is 10.7. The van der Waals surface area contributed by atoms with Crippen molar-refractivity contribution in [2.24, 2.45) is 5.41 Å². The number of ether oxygens (including phenoxy) is 1. The van der Waals surface area contributed by atoms with Gasteiger partial charge in [0.1, 0.15) is 12.0 Å². The van der Waals surface area contributed by atoms with Gasteiger partial charge in [-0.3, -0.25) is 9.59 Å². The van der Waals surface area contributed by atoms with E-state index in [1.807, 2.05) is 0 Å². The van der Waals surface area contributed by atoms with Crippen LogP contribution in [0.5, 0.6) is 5.75 Å². The average molecular weight is 298 g/mol. The third-order valence-electron chi connectivity index (χ3n) is 3.13. The Bertz CT molecular complexity index is 457. The third kappa shape index (κ3) is 5.26. The van der Waals surface area contributed by atoms with Crippen LogP contribution in [0.25, 0.3) is 0 Å². The summed E-state index contributed by atoms with van der Waals surface area (Å²) in [4.78, 5) is 21.2. The molecule has 0 unspecified atom stereocenters. The quantitative estimate of drug-likeness (QED) is 0.664. The summed E-state index contributed by atoms with van der Waals surface area (Å²) in [6.07, 6.45) is 1.42. The van der Waals surface area contributed by atoms with Gasteiger partial charge in [0, 0.05) is 11.0 Å². The molecule has 1 aromatic rings. The first-order chi connectivity index (χ1) is 9.92. The van der Waals surface area contributed by atoms with E-state index in [4.69, 9.17) is 20.1 Å². The van der Waals surface area contributed by atoms with Crippen LogP contribution < -0.4 is 4.74 Å². The Balaban J connectivity index is 0.000000433. The fourth-order valence-corrected chi connectivity index (χ4v) is 1.32. The number of rotatable bonds is 6. The molecule has 0 aliphatic rings. The molecule has 0 radical (unpaired) electrons. The highest BCUT2D eigenvalue weighted by molar-refractivity contribution is 5.88. The maximum Gasteiger partial charge on any atom is 0.154 e. The minimum Gasteiger partial charge on any atom is -0.496 e. The summed E-state index contributed by atoms with van der Waals surface area (Å²) in [5.74, 6) is 0.498. The van der Waals surface area contributed by atoms with E-state index >= 15 is 0 Å². The average Bonchev–Trinajstić information content (AvgIpc) is 2.54. The summed E-state index contributed by atoms with van der Waals surface area (Å²) in [5, 5.41) is 25.4. The van der Waals surface area contributed by atoms with Gasteiger partial charge in [0.05, 0.1) is 32.5 Å². The van der Waals surface area contributed by atoms with Gasteiger partial charge in [-0.25, -0.2) is 0 Å². The Morgan fingerprint density at radius 2 is 1.62 bits per heavy atom. The van der Waals surface area contributed by atoms with Gasteiger partial charge >= 0.3 is 0 Å². The van der Waals surface area contributed by atoms with Crippen LogP contribution in [0.1, 0.15) is 33.2 Å². The normalized spacial score (nSPS) is 10.4. The highest BCUT2D eigenvalue weighted by Crippen LogP contribution is 2.22. The summed E-state index contributed by atoms with van der Waals surface area (Å²) in [7, 11) is 1.49. The van der Waals surface area contributed by atoms with Gasteiger partial charge in [0.25, 0.3) is 0 Å². The van der Waals surface area contributed by atoms with E-state index in [0.717, 1.165) is 6.29 Å². The van der Waals surface area contributed by atoms with Crippen LogP contribution in [0.3, 0.4) is 0 Å². The second kappa shape index (κ2) is 9.23. The van der Waals surface area contributed by atoms with E-state index in [1.165, 1.54) is 7.11 Å². The van der Waals surface area contributed by atoms with E-state index in [0.29, 0.717) is 28.7 Å². The predicted octanol–water partition coefficient (Wildman–Crippen LogP) is 0.598. The summed E-state index contributed by atoms with van der Waals surface area (Å²) in [5.41, 5.74) is 0.902. The summed E-state index contributed by atoms with van der Waals surface area (Å²) < 4.78 is 4.97. The van der Waals surface area contributed by atoms with Crippen molar-refractivity contribution < 1.29 is 29.6 Å². The highest BCUT2D eigenvalue weighted by Gasteiger charge is 2.20. The molecule has 0 aliphatic carbocycles. The lowest BCUT2D eigenvalue weighted by molar-refractivity contribution is 0.0200. The van der Waals surface area contributed by atoms with Crippen molar-refractivity contribution in [3.63, 3.8) is 0 Å². The van der Waals surface area contributed by atoms with Crippen molar-refractivity contribution in [3.05, 3.63) is 28.8 Å². The molecule has 0 spiro atoms. The number of carbonyl (C=O) groups excluding carboxylic acids is 2. The highest BCUT2D eigenvalue weighted by atomic mass is 16.5. The van der Waals surface area contributed by atoms with Gasteiger partial charge in [-0.15, -0.1) is 0 Å². The molecule has 0 aromatic heterocycles. The molecule has 3 N–H and O–H groups in total. The number of aldehydes is 2. The fraction of sp³-hybridized carbons (Fsp3) is 0.467. The Kier molecular flexibility index (Phi) is 8.45. The van der Waals surface area contributed by atoms with Crippen molar-refractivity contribution in [2.75, 3.05) is 26.9 Å². The summed E-state index contributed by atoms with van der Waals surface area (Å²) in [6, 6.07) is 3.24. The number of benzene rings is 1. The molecular weight excluding hydrogens is 276 g/mol.